The van der Waals surface area contributed by atoms with E-state index in [0.717, 1.165) is 29.3 Å². The first kappa shape index (κ1) is 21.8. The Morgan fingerprint density at radius 1 is 1.03 bits per heavy atom. The fourth-order valence-corrected chi connectivity index (χ4v) is 5.31. The summed E-state index contributed by atoms with van der Waals surface area (Å²) in [6, 6.07) is 5.50. The number of halogens is 5. The summed E-state index contributed by atoms with van der Waals surface area (Å²) in [6.45, 7) is 1.67. The van der Waals surface area contributed by atoms with Gasteiger partial charge in [0.25, 0.3) is 5.92 Å². The topological polar surface area (TPSA) is 50.1 Å². The molecule has 4 heterocycles. The van der Waals surface area contributed by atoms with Gasteiger partial charge in [0.2, 0.25) is 0 Å². The number of piperidine rings is 1. The van der Waals surface area contributed by atoms with Crippen molar-refractivity contribution in [3.05, 3.63) is 64.3 Å². The molecule has 2 aliphatic heterocycles. The Hall–Kier alpha value is -2.72. The average molecular weight is 493 g/mol. The summed E-state index contributed by atoms with van der Waals surface area (Å²) in [5.41, 5.74) is 1.70. The van der Waals surface area contributed by atoms with E-state index in [0.29, 0.717) is 43.3 Å². The Morgan fingerprint density at radius 2 is 1.79 bits per heavy atom. The third-order valence-electron chi connectivity index (χ3n) is 6.94. The maximum absolute atomic E-state index is 14.2. The van der Waals surface area contributed by atoms with E-state index in [1.165, 1.54) is 0 Å². The molecule has 0 radical (unpaired) electrons. The van der Waals surface area contributed by atoms with Crippen molar-refractivity contribution >= 4 is 17.4 Å². The number of pyridine rings is 1. The zero-order valence-corrected chi connectivity index (χ0v) is 18.8. The van der Waals surface area contributed by atoms with E-state index in [1.807, 2.05) is 16.7 Å². The molecule has 2 fully saturated rings. The molecule has 1 unspecified atom stereocenters. The average Bonchev–Trinajstić information content (AvgIpc) is 3.30. The third-order valence-corrected chi connectivity index (χ3v) is 7.17. The van der Waals surface area contributed by atoms with Crippen LogP contribution in [-0.4, -0.2) is 49.7 Å². The molecule has 1 saturated heterocycles. The van der Waals surface area contributed by atoms with Gasteiger partial charge in [0.1, 0.15) is 11.6 Å². The highest BCUT2D eigenvalue weighted by molar-refractivity contribution is 6.30. The lowest BCUT2D eigenvalue weighted by molar-refractivity contribution is 0.0663. The molecule has 34 heavy (non-hydrogen) atoms. The summed E-state index contributed by atoms with van der Waals surface area (Å²) in [5.74, 6) is -2.52. The van der Waals surface area contributed by atoms with E-state index < -0.39 is 23.6 Å². The van der Waals surface area contributed by atoms with Crippen LogP contribution in [0.1, 0.15) is 42.4 Å². The third kappa shape index (κ3) is 3.73. The number of benzene rings is 1. The largest absolute Gasteiger partial charge is 0.354 e. The second-order valence-electron chi connectivity index (χ2n) is 9.19. The fourth-order valence-electron chi connectivity index (χ4n) is 5.12. The van der Waals surface area contributed by atoms with E-state index in [1.54, 1.807) is 15.9 Å². The van der Waals surface area contributed by atoms with Gasteiger partial charge in [-0.1, -0.05) is 11.6 Å². The first-order valence-electron chi connectivity index (χ1n) is 11.2. The molecule has 178 valence electrons. The molecular formula is C23H21ClF4N6. The normalized spacial score (nSPS) is 22.3. The van der Waals surface area contributed by atoms with Crippen LogP contribution in [0.2, 0.25) is 5.02 Å². The Morgan fingerprint density at radius 3 is 2.50 bits per heavy atom. The van der Waals surface area contributed by atoms with Crippen LogP contribution in [0, 0.1) is 11.6 Å². The summed E-state index contributed by atoms with van der Waals surface area (Å²) >= 11 is 6.24. The second kappa shape index (κ2) is 7.91. The maximum Gasteiger partial charge on any atom is 0.265 e. The van der Waals surface area contributed by atoms with Crippen molar-refractivity contribution < 1.29 is 17.6 Å². The lowest BCUT2D eigenvalue weighted by Gasteiger charge is -2.32. The van der Waals surface area contributed by atoms with E-state index in [4.69, 9.17) is 11.6 Å². The SMILES string of the molecule is Fc1cnc(N2CCC(c3nnc4n3-c3ccc(Cl)cc3CN(C3CC3(F)F)C4)CC2)c(F)c1. The van der Waals surface area contributed by atoms with E-state index >= 15 is 0 Å². The van der Waals surface area contributed by atoms with E-state index in [2.05, 4.69) is 15.2 Å². The van der Waals surface area contributed by atoms with Crippen molar-refractivity contribution in [2.45, 2.75) is 50.2 Å². The van der Waals surface area contributed by atoms with Gasteiger partial charge in [0.05, 0.1) is 24.5 Å². The summed E-state index contributed by atoms with van der Waals surface area (Å²) in [6.07, 6.45) is 2.20. The zero-order chi connectivity index (χ0) is 23.6. The first-order valence-corrected chi connectivity index (χ1v) is 11.6. The smallest absolute Gasteiger partial charge is 0.265 e. The molecule has 1 aromatic carbocycles. The number of alkyl halides is 2. The lowest BCUT2D eigenvalue weighted by Crippen LogP contribution is -2.35. The van der Waals surface area contributed by atoms with Gasteiger partial charge in [0, 0.05) is 43.1 Å². The zero-order valence-electron chi connectivity index (χ0n) is 18.1. The van der Waals surface area contributed by atoms with Crippen LogP contribution >= 0.6 is 11.6 Å². The number of hydrogen-bond donors (Lipinski definition) is 0. The number of nitrogens with zero attached hydrogens (tertiary/aromatic N) is 6. The van der Waals surface area contributed by atoms with Gasteiger partial charge >= 0.3 is 0 Å². The highest BCUT2D eigenvalue weighted by Gasteiger charge is 2.60. The van der Waals surface area contributed by atoms with Gasteiger partial charge in [-0.15, -0.1) is 10.2 Å². The van der Waals surface area contributed by atoms with Crippen molar-refractivity contribution in [2.24, 2.45) is 0 Å². The summed E-state index contributed by atoms with van der Waals surface area (Å²) in [5, 5.41) is 9.40. The quantitative estimate of drug-likeness (QED) is 0.496. The number of anilines is 1. The molecule has 0 amide bonds. The molecule has 1 aliphatic carbocycles. The van der Waals surface area contributed by atoms with Crippen LogP contribution in [0.5, 0.6) is 0 Å². The van der Waals surface area contributed by atoms with Crippen LogP contribution < -0.4 is 4.90 Å². The van der Waals surface area contributed by atoms with Gasteiger partial charge in [-0.2, -0.15) is 0 Å². The van der Waals surface area contributed by atoms with Crippen molar-refractivity contribution in [1.82, 2.24) is 24.6 Å². The maximum atomic E-state index is 14.2. The Bertz CT molecular complexity index is 1260. The van der Waals surface area contributed by atoms with Gasteiger partial charge < -0.3 is 4.90 Å². The van der Waals surface area contributed by atoms with Crippen molar-refractivity contribution in [2.75, 3.05) is 18.0 Å². The van der Waals surface area contributed by atoms with Crippen LogP contribution in [-0.2, 0) is 13.1 Å². The van der Waals surface area contributed by atoms with Crippen LogP contribution in [0.15, 0.2) is 30.5 Å². The molecule has 0 spiro atoms. The van der Waals surface area contributed by atoms with E-state index in [-0.39, 0.29) is 24.7 Å². The van der Waals surface area contributed by atoms with Crippen LogP contribution in [0.3, 0.4) is 0 Å². The monoisotopic (exact) mass is 492 g/mol. The minimum atomic E-state index is -2.69. The minimum Gasteiger partial charge on any atom is -0.354 e. The number of fused-ring (bicyclic) bond motifs is 3. The van der Waals surface area contributed by atoms with Crippen molar-refractivity contribution in [3.8, 4) is 5.69 Å². The van der Waals surface area contributed by atoms with Gasteiger partial charge in [-0.05, 0) is 36.6 Å². The van der Waals surface area contributed by atoms with Gasteiger partial charge in [-0.25, -0.2) is 22.5 Å². The fraction of sp³-hybridized carbons (Fsp3) is 0.435. The van der Waals surface area contributed by atoms with Crippen molar-refractivity contribution in [1.29, 1.82) is 0 Å². The number of rotatable bonds is 3. The molecule has 1 atom stereocenters. The Kier molecular flexibility index (Phi) is 5.07. The summed E-state index contributed by atoms with van der Waals surface area (Å²) < 4.78 is 57.2. The molecule has 2 aromatic heterocycles. The second-order valence-corrected chi connectivity index (χ2v) is 9.63. The highest BCUT2D eigenvalue weighted by atomic mass is 35.5. The molecule has 1 saturated carbocycles. The number of hydrogen-bond acceptors (Lipinski definition) is 5. The predicted octanol–water partition coefficient (Wildman–Crippen LogP) is 4.70. The molecule has 0 N–H and O–H groups in total. The molecule has 11 heteroatoms. The van der Waals surface area contributed by atoms with E-state index in [9.17, 15) is 17.6 Å². The highest BCUT2D eigenvalue weighted by Crippen LogP contribution is 2.47. The number of aromatic nitrogens is 4. The Balaban J connectivity index is 1.30. The molecule has 3 aliphatic rings. The molecule has 0 bridgehead atoms. The van der Waals surface area contributed by atoms with Gasteiger partial charge in [0.15, 0.2) is 17.5 Å². The minimum absolute atomic E-state index is 0.0402. The van der Waals surface area contributed by atoms with Gasteiger partial charge in [-0.3, -0.25) is 9.47 Å². The van der Waals surface area contributed by atoms with Crippen molar-refractivity contribution in [3.63, 3.8) is 0 Å². The summed E-state index contributed by atoms with van der Waals surface area (Å²) in [4.78, 5) is 7.47. The first-order chi connectivity index (χ1) is 16.3. The lowest BCUT2D eigenvalue weighted by atomic mass is 9.95. The Labute approximate surface area is 198 Å². The summed E-state index contributed by atoms with van der Waals surface area (Å²) in [7, 11) is 0. The van der Waals surface area contributed by atoms with Crippen LogP contribution in [0.25, 0.3) is 5.69 Å². The molecule has 6 rings (SSSR count). The molecule has 6 nitrogen and oxygen atoms in total. The predicted molar refractivity (Wildman–Crippen MR) is 117 cm³/mol. The standard InChI is InChI=1S/C23H21ClF4N6/c24-15-1-2-18-14(7-15)11-33(19-9-23(19,27)28)12-20-30-31-21(34(18)20)13-3-5-32(6-4-13)22-17(26)8-16(25)10-29-22/h1-2,7-8,10,13,19H,3-6,9,11-12H2. The van der Waals surface area contributed by atoms with Crippen LogP contribution in [0.4, 0.5) is 23.4 Å². The molecular weight excluding hydrogens is 472 g/mol. The molecule has 3 aromatic rings.